The zero-order chi connectivity index (χ0) is 5.11. The summed E-state index contributed by atoms with van der Waals surface area (Å²) in [4.78, 5) is 3.97. The fourth-order valence-corrected chi connectivity index (χ4v) is 0.689. The topological polar surface area (TPSA) is 12.4 Å². The lowest BCUT2D eigenvalue weighted by molar-refractivity contribution is 1.19. The molecule has 2 heteroatoms. The van der Waals surface area contributed by atoms with E-state index in [9.17, 15) is 0 Å². The molecule has 7 heavy (non-hydrogen) atoms. The molecule has 0 N–H and O–H groups in total. The molecular formula is C5H7NS. The molecule has 1 nitrogen and oxygen atoms in total. The number of allylic oxidation sites excluding steroid dienone is 1. The van der Waals surface area contributed by atoms with Crippen LogP contribution in [-0.2, 0) is 0 Å². The van der Waals surface area contributed by atoms with Gasteiger partial charge in [-0.15, -0.1) is 0 Å². The van der Waals surface area contributed by atoms with Crippen LogP contribution in [0.1, 0.15) is 0 Å². The van der Waals surface area contributed by atoms with Crippen LogP contribution in [0.4, 0.5) is 0 Å². The summed E-state index contributed by atoms with van der Waals surface area (Å²) in [5, 5.41) is 0. The minimum Gasteiger partial charge on any atom is -0.289 e. The van der Waals surface area contributed by atoms with E-state index in [1.165, 1.54) is 5.57 Å². The zero-order valence-corrected chi connectivity index (χ0v) is 4.86. The van der Waals surface area contributed by atoms with E-state index in [1.54, 1.807) is 0 Å². The van der Waals surface area contributed by atoms with Gasteiger partial charge in [0.25, 0.3) is 0 Å². The Balaban J connectivity index is 2.45. The van der Waals surface area contributed by atoms with Gasteiger partial charge < -0.3 is 0 Å². The van der Waals surface area contributed by atoms with Crippen molar-refractivity contribution in [3.8, 4) is 0 Å². The molecule has 0 aliphatic carbocycles. The number of rotatable bonds is 1. The molecule has 0 saturated carbocycles. The van der Waals surface area contributed by atoms with E-state index >= 15 is 0 Å². The van der Waals surface area contributed by atoms with Gasteiger partial charge in [-0.3, -0.25) is 4.99 Å². The Morgan fingerprint density at radius 1 is 1.86 bits per heavy atom. The first kappa shape index (κ1) is 4.91. The molecule has 0 aromatic carbocycles. The molecule has 0 amide bonds. The largest absolute Gasteiger partial charge is 0.289 e. The van der Waals surface area contributed by atoms with Gasteiger partial charge in [-0.1, -0.05) is 0 Å². The first-order chi connectivity index (χ1) is 3.43. The van der Waals surface area contributed by atoms with Crippen molar-refractivity contribution in [3.05, 3.63) is 11.6 Å². The third kappa shape index (κ3) is 1.06. The van der Waals surface area contributed by atoms with E-state index < -0.39 is 0 Å². The molecule has 0 fully saturated rings. The zero-order valence-electron chi connectivity index (χ0n) is 3.96. The van der Waals surface area contributed by atoms with Crippen LogP contribution in [0.25, 0.3) is 0 Å². The summed E-state index contributed by atoms with van der Waals surface area (Å²) < 4.78 is 0. The Hall–Kier alpha value is -0.240. The quantitative estimate of drug-likeness (QED) is 0.486. The summed E-state index contributed by atoms with van der Waals surface area (Å²) in [6, 6.07) is 0. The van der Waals surface area contributed by atoms with Crippen molar-refractivity contribution in [2.24, 2.45) is 4.99 Å². The summed E-state index contributed by atoms with van der Waals surface area (Å²) in [6.07, 6.45) is 3.83. The maximum Gasteiger partial charge on any atom is 0.0611 e. The van der Waals surface area contributed by atoms with E-state index in [4.69, 9.17) is 0 Å². The van der Waals surface area contributed by atoms with Gasteiger partial charge in [0.05, 0.1) is 6.54 Å². The third-order valence-corrected chi connectivity index (χ3v) is 1.32. The van der Waals surface area contributed by atoms with E-state index in [-0.39, 0.29) is 0 Å². The Morgan fingerprint density at radius 2 is 2.71 bits per heavy atom. The number of nitrogens with zero attached hydrogens (tertiary/aromatic N) is 1. The van der Waals surface area contributed by atoms with Crippen LogP contribution in [-0.4, -0.2) is 18.5 Å². The molecule has 0 bridgehead atoms. The molecule has 0 aromatic rings. The highest BCUT2D eigenvalue weighted by atomic mass is 32.1. The van der Waals surface area contributed by atoms with Crippen molar-refractivity contribution in [2.45, 2.75) is 0 Å². The molecule has 0 spiro atoms. The first-order valence-corrected chi connectivity index (χ1v) is 2.85. The standard InChI is InChI=1S/C5H7NS/c7-4-5-1-2-6-3-5/h1-2,7H,3-4H2. The van der Waals surface area contributed by atoms with Crippen LogP contribution in [0.5, 0.6) is 0 Å². The summed E-state index contributed by atoms with van der Waals surface area (Å²) in [5.74, 6) is 0.847. The highest BCUT2D eigenvalue weighted by molar-refractivity contribution is 7.80. The minimum atomic E-state index is 0.847. The van der Waals surface area contributed by atoms with Crippen LogP contribution < -0.4 is 0 Å². The summed E-state index contributed by atoms with van der Waals surface area (Å²) in [6.45, 7) is 0.865. The fraction of sp³-hybridized carbons (Fsp3) is 0.400. The Bertz CT molecular complexity index is 115. The normalized spacial score (nSPS) is 17.6. The average Bonchev–Trinajstić information content (AvgIpc) is 2.14. The van der Waals surface area contributed by atoms with Gasteiger partial charge >= 0.3 is 0 Å². The molecule has 0 aromatic heterocycles. The lowest BCUT2D eigenvalue weighted by Crippen LogP contribution is -1.82. The number of hydrogen-bond acceptors (Lipinski definition) is 2. The number of thiol groups is 1. The number of hydrogen-bond donors (Lipinski definition) is 1. The van der Waals surface area contributed by atoms with Crippen molar-refractivity contribution in [3.63, 3.8) is 0 Å². The van der Waals surface area contributed by atoms with Gasteiger partial charge in [0.1, 0.15) is 0 Å². The van der Waals surface area contributed by atoms with Crippen LogP contribution >= 0.6 is 12.6 Å². The van der Waals surface area contributed by atoms with Crippen molar-refractivity contribution < 1.29 is 0 Å². The predicted octanol–water partition coefficient (Wildman–Crippen LogP) is 0.927. The van der Waals surface area contributed by atoms with Gasteiger partial charge in [-0.05, 0) is 11.6 Å². The van der Waals surface area contributed by atoms with Crippen molar-refractivity contribution in [1.29, 1.82) is 0 Å². The Morgan fingerprint density at radius 3 is 3.00 bits per heavy atom. The van der Waals surface area contributed by atoms with Crippen molar-refractivity contribution in [2.75, 3.05) is 12.3 Å². The molecule has 1 heterocycles. The average molecular weight is 113 g/mol. The van der Waals surface area contributed by atoms with E-state index in [2.05, 4.69) is 17.6 Å². The summed E-state index contributed by atoms with van der Waals surface area (Å²) in [7, 11) is 0. The van der Waals surface area contributed by atoms with Crippen LogP contribution in [0.3, 0.4) is 0 Å². The lowest BCUT2D eigenvalue weighted by Gasteiger charge is -1.86. The second kappa shape index (κ2) is 2.17. The van der Waals surface area contributed by atoms with E-state index in [0.717, 1.165) is 12.3 Å². The maximum absolute atomic E-state index is 4.07. The molecular weight excluding hydrogens is 106 g/mol. The molecule has 38 valence electrons. The second-order valence-corrected chi connectivity index (χ2v) is 1.79. The van der Waals surface area contributed by atoms with Gasteiger partial charge in [-0.25, -0.2) is 0 Å². The molecule has 0 saturated heterocycles. The fourth-order valence-electron chi connectivity index (χ4n) is 0.483. The van der Waals surface area contributed by atoms with Gasteiger partial charge in [0.2, 0.25) is 0 Å². The number of aliphatic imine (C=N–C) groups is 1. The third-order valence-electron chi connectivity index (χ3n) is 0.913. The molecule has 0 radical (unpaired) electrons. The van der Waals surface area contributed by atoms with Crippen LogP contribution in [0, 0.1) is 0 Å². The summed E-state index contributed by atoms with van der Waals surface area (Å²) in [5.41, 5.74) is 1.31. The predicted molar refractivity (Wildman–Crippen MR) is 35.3 cm³/mol. The maximum atomic E-state index is 4.07. The Kier molecular flexibility index (Phi) is 1.52. The summed E-state index contributed by atoms with van der Waals surface area (Å²) >= 11 is 4.07. The van der Waals surface area contributed by atoms with Crippen LogP contribution in [0.2, 0.25) is 0 Å². The highest BCUT2D eigenvalue weighted by Crippen LogP contribution is 2.00. The van der Waals surface area contributed by atoms with Gasteiger partial charge in [0, 0.05) is 12.0 Å². The molecule has 1 rings (SSSR count). The molecule has 1 aliphatic heterocycles. The van der Waals surface area contributed by atoms with E-state index in [1.807, 2.05) is 12.3 Å². The second-order valence-electron chi connectivity index (χ2n) is 1.47. The Labute approximate surface area is 48.6 Å². The highest BCUT2D eigenvalue weighted by Gasteiger charge is 1.93. The van der Waals surface area contributed by atoms with Crippen molar-refractivity contribution >= 4 is 18.8 Å². The smallest absolute Gasteiger partial charge is 0.0611 e. The molecule has 1 aliphatic rings. The molecule has 0 unspecified atom stereocenters. The van der Waals surface area contributed by atoms with Gasteiger partial charge in [0.15, 0.2) is 0 Å². The minimum absolute atomic E-state index is 0.847. The SMILES string of the molecule is SCC1=CC=NC1. The monoisotopic (exact) mass is 113 g/mol. The lowest BCUT2D eigenvalue weighted by atomic mass is 10.3. The molecule has 0 atom stereocenters. The van der Waals surface area contributed by atoms with Crippen LogP contribution in [0.15, 0.2) is 16.6 Å². The van der Waals surface area contributed by atoms with Crippen molar-refractivity contribution in [1.82, 2.24) is 0 Å². The van der Waals surface area contributed by atoms with E-state index in [0.29, 0.717) is 0 Å². The first-order valence-electron chi connectivity index (χ1n) is 2.22. The van der Waals surface area contributed by atoms with Gasteiger partial charge in [-0.2, -0.15) is 12.6 Å².